The van der Waals surface area contributed by atoms with E-state index in [1.807, 2.05) is 20.8 Å². The van der Waals surface area contributed by atoms with E-state index < -0.39 is 6.04 Å². The van der Waals surface area contributed by atoms with Crippen LogP contribution in [0.3, 0.4) is 0 Å². The van der Waals surface area contributed by atoms with Crippen molar-refractivity contribution in [1.29, 1.82) is 0 Å². The van der Waals surface area contributed by atoms with Gasteiger partial charge in [-0.2, -0.15) is 0 Å². The van der Waals surface area contributed by atoms with Gasteiger partial charge in [0.1, 0.15) is 18.4 Å². The number of rotatable bonds is 5. The molecule has 0 radical (unpaired) electrons. The highest BCUT2D eigenvalue weighted by Crippen LogP contribution is 2.27. The standard InChI is InChI=1S/C19H24N2O3S/c1-5-9-24-15-8-6-7-14(10-15)20-18(23)16-12-25-13-21(16)17(22)11-19(2,3)4/h1,6-8,10,16H,9,11-13H2,2-4H3,(H,20,23). The number of hydrogen-bond donors (Lipinski definition) is 1. The zero-order valence-electron chi connectivity index (χ0n) is 14.9. The summed E-state index contributed by atoms with van der Waals surface area (Å²) in [6.07, 6.45) is 5.60. The third-order valence-corrected chi connectivity index (χ3v) is 4.62. The van der Waals surface area contributed by atoms with Gasteiger partial charge in [-0.05, 0) is 17.5 Å². The molecule has 6 heteroatoms. The SMILES string of the molecule is C#CCOc1cccc(NC(=O)C2CSCN2C(=O)CC(C)(C)C)c1. The Kier molecular flexibility index (Phi) is 6.38. The van der Waals surface area contributed by atoms with Gasteiger partial charge < -0.3 is 15.0 Å². The maximum Gasteiger partial charge on any atom is 0.248 e. The van der Waals surface area contributed by atoms with Crippen LogP contribution in [0.15, 0.2) is 24.3 Å². The minimum absolute atomic E-state index is 0.0174. The van der Waals surface area contributed by atoms with E-state index in [0.717, 1.165) is 0 Å². The highest BCUT2D eigenvalue weighted by atomic mass is 32.2. The van der Waals surface area contributed by atoms with Gasteiger partial charge in [0.2, 0.25) is 11.8 Å². The Bertz CT molecular complexity index is 676. The first-order valence-corrected chi connectivity index (χ1v) is 9.30. The summed E-state index contributed by atoms with van der Waals surface area (Å²) in [6, 6.07) is 6.61. The second-order valence-electron chi connectivity index (χ2n) is 7.13. The Balaban J connectivity index is 2.02. The first-order chi connectivity index (χ1) is 11.8. The van der Waals surface area contributed by atoms with E-state index >= 15 is 0 Å². The van der Waals surface area contributed by atoms with Crippen LogP contribution in [0, 0.1) is 17.8 Å². The molecule has 0 spiro atoms. The quantitative estimate of drug-likeness (QED) is 0.820. The smallest absolute Gasteiger partial charge is 0.248 e. The van der Waals surface area contributed by atoms with Crippen molar-refractivity contribution in [2.75, 3.05) is 23.6 Å². The van der Waals surface area contributed by atoms with Gasteiger partial charge in [-0.1, -0.05) is 32.8 Å². The third kappa shape index (κ3) is 5.71. The Morgan fingerprint density at radius 2 is 2.20 bits per heavy atom. The number of thioether (sulfide) groups is 1. The molecule has 1 unspecified atom stereocenters. The summed E-state index contributed by atoms with van der Waals surface area (Å²) < 4.78 is 5.36. The number of benzene rings is 1. The molecule has 1 heterocycles. The van der Waals surface area contributed by atoms with Crippen LogP contribution in [-0.2, 0) is 9.59 Å². The number of anilines is 1. The Hall–Kier alpha value is -2.13. The maximum atomic E-state index is 12.6. The highest BCUT2D eigenvalue weighted by Gasteiger charge is 2.35. The highest BCUT2D eigenvalue weighted by molar-refractivity contribution is 7.99. The van der Waals surface area contributed by atoms with Gasteiger partial charge in [-0.3, -0.25) is 9.59 Å². The van der Waals surface area contributed by atoms with Crippen LogP contribution < -0.4 is 10.1 Å². The summed E-state index contributed by atoms with van der Waals surface area (Å²) in [4.78, 5) is 26.8. The lowest BCUT2D eigenvalue weighted by Crippen LogP contribution is -2.45. The van der Waals surface area contributed by atoms with Gasteiger partial charge in [0.15, 0.2) is 0 Å². The summed E-state index contributed by atoms with van der Waals surface area (Å²) in [6.45, 7) is 6.23. The molecule has 2 amide bonds. The fourth-order valence-electron chi connectivity index (χ4n) is 2.48. The van der Waals surface area contributed by atoms with Crippen molar-refractivity contribution in [2.24, 2.45) is 5.41 Å². The second kappa shape index (κ2) is 8.30. The molecule has 1 aromatic rings. The molecule has 5 nitrogen and oxygen atoms in total. The van der Waals surface area contributed by atoms with E-state index in [1.165, 1.54) is 0 Å². The third-order valence-electron chi connectivity index (χ3n) is 3.61. The van der Waals surface area contributed by atoms with Crippen molar-refractivity contribution in [3.05, 3.63) is 24.3 Å². The van der Waals surface area contributed by atoms with Crippen molar-refractivity contribution in [1.82, 2.24) is 4.90 Å². The van der Waals surface area contributed by atoms with Crippen LogP contribution in [0.5, 0.6) is 5.75 Å². The van der Waals surface area contributed by atoms with E-state index in [-0.39, 0.29) is 23.8 Å². The van der Waals surface area contributed by atoms with E-state index in [9.17, 15) is 9.59 Å². The van der Waals surface area contributed by atoms with E-state index in [1.54, 1.807) is 40.9 Å². The van der Waals surface area contributed by atoms with Crippen LogP contribution in [0.2, 0.25) is 0 Å². The van der Waals surface area contributed by atoms with Crippen molar-refractivity contribution in [2.45, 2.75) is 33.2 Å². The number of nitrogens with one attached hydrogen (secondary N) is 1. The van der Waals surface area contributed by atoms with Crippen LogP contribution in [0.4, 0.5) is 5.69 Å². The molecule has 1 N–H and O–H groups in total. The first-order valence-electron chi connectivity index (χ1n) is 8.14. The van der Waals surface area contributed by atoms with Crippen LogP contribution in [0.1, 0.15) is 27.2 Å². The summed E-state index contributed by atoms with van der Waals surface area (Å²) in [7, 11) is 0. The van der Waals surface area contributed by atoms with E-state index in [4.69, 9.17) is 11.2 Å². The number of carbonyl (C=O) groups is 2. The second-order valence-corrected chi connectivity index (χ2v) is 8.13. The molecule has 1 aromatic carbocycles. The van der Waals surface area contributed by atoms with Crippen molar-refractivity contribution in [3.8, 4) is 18.1 Å². The first kappa shape index (κ1) is 19.2. The molecule has 1 aliphatic heterocycles. The summed E-state index contributed by atoms with van der Waals surface area (Å²) in [5.41, 5.74) is 0.522. The molecule has 0 bridgehead atoms. The minimum atomic E-state index is -0.449. The van der Waals surface area contributed by atoms with Gasteiger partial charge in [0, 0.05) is 23.9 Å². The fraction of sp³-hybridized carbons (Fsp3) is 0.474. The van der Waals surface area contributed by atoms with Gasteiger partial charge in [-0.25, -0.2) is 0 Å². The predicted molar refractivity (Wildman–Crippen MR) is 101 cm³/mol. The van der Waals surface area contributed by atoms with Crippen LogP contribution in [-0.4, -0.2) is 41.0 Å². The summed E-state index contributed by atoms with van der Waals surface area (Å²) >= 11 is 1.60. The van der Waals surface area contributed by atoms with Crippen molar-refractivity contribution >= 4 is 29.3 Å². The Labute approximate surface area is 153 Å². The average Bonchev–Trinajstić information content (AvgIpc) is 3.01. The molecule has 0 saturated carbocycles. The normalized spacial score (nSPS) is 17.0. The van der Waals surface area contributed by atoms with Crippen molar-refractivity contribution < 1.29 is 14.3 Å². The number of ether oxygens (including phenoxy) is 1. The number of hydrogen-bond acceptors (Lipinski definition) is 4. The molecule has 1 aliphatic rings. The zero-order valence-corrected chi connectivity index (χ0v) is 15.7. The molecule has 2 rings (SSSR count). The number of amides is 2. The molecule has 1 saturated heterocycles. The Morgan fingerprint density at radius 1 is 1.44 bits per heavy atom. The van der Waals surface area contributed by atoms with Crippen molar-refractivity contribution in [3.63, 3.8) is 0 Å². The molecule has 134 valence electrons. The maximum absolute atomic E-state index is 12.6. The lowest BCUT2D eigenvalue weighted by atomic mass is 9.91. The molecular weight excluding hydrogens is 336 g/mol. The molecule has 0 aromatic heterocycles. The number of nitrogens with zero attached hydrogens (tertiary/aromatic N) is 1. The Morgan fingerprint density at radius 3 is 2.88 bits per heavy atom. The largest absolute Gasteiger partial charge is 0.481 e. The van der Waals surface area contributed by atoms with Gasteiger partial charge in [-0.15, -0.1) is 18.2 Å². The molecule has 0 aliphatic carbocycles. The lowest BCUT2D eigenvalue weighted by molar-refractivity contribution is -0.137. The van der Waals surface area contributed by atoms with E-state index in [2.05, 4.69) is 11.2 Å². The summed E-state index contributed by atoms with van der Waals surface area (Å²) in [5.74, 6) is 3.99. The van der Waals surface area contributed by atoms with Gasteiger partial charge in [0.05, 0.1) is 5.88 Å². The minimum Gasteiger partial charge on any atom is -0.481 e. The van der Waals surface area contributed by atoms with Crippen LogP contribution >= 0.6 is 11.8 Å². The molecule has 25 heavy (non-hydrogen) atoms. The fourth-order valence-corrected chi connectivity index (χ4v) is 3.66. The lowest BCUT2D eigenvalue weighted by Gasteiger charge is -2.26. The number of carbonyl (C=O) groups excluding carboxylic acids is 2. The topological polar surface area (TPSA) is 58.6 Å². The van der Waals surface area contributed by atoms with Gasteiger partial charge >= 0.3 is 0 Å². The summed E-state index contributed by atoms with van der Waals surface area (Å²) in [5, 5.41) is 2.87. The molecular formula is C19H24N2O3S. The molecule has 1 fully saturated rings. The van der Waals surface area contributed by atoms with Crippen LogP contribution in [0.25, 0.3) is 0 Å². The van der Waals surface area contributed by atoms with Gasteiger partial charge in [0.25, 0.3) is 0 Å². The van der Waals surface area contributed by atoms with E-state index in [0.29, 0.717) is 29.5 Å². The zero-order chi connectivity index (χ0) is 18.4. The average molecular weight is 360 g/mol. The molecule has 1 atom stereocenters. The number of terminal acetylenes is 1. The predicted octanol–water partition coefficient (Wildman–Crippen LogP) is 2.97. The monoisotopic (exact) mass is 360 g/mol.